The number of hydrogen-bond donors (Lipinski definition) is 5. The van der Waals surface area contributed by atoms with E-state index in [0.29, 0.717) is 10.8 Å². The second kappa shape index (κ2) is 6.96. The lowest BCUT2D eigenvalue weighted by atomic mass is 10.1. The van der Waals surface area contributed by atoms with Crippen molar-refractivity contribution in [3.8, 4) is 11.1 Å². The van der Waals surface area contributed by atoms with Crippen molar-refractivity contribution in [1.29, 1.82) is 0 Å². The monoisotopic (exact) mass is 381 g/mol. The van der Waals surface area contributed by atoms with Crippen molar-refractivity contribution in [3.05, 3.63) is 42.2 Å². The van der Waals surface area contributed by atoms with Gasteiger partial charge in [-0.1, -0.05) is 12.1 Å². The number of benzene rings is 1. The number of aromatic nitrogens is 1. The van der Waals surface area contributed by atoms with Crippen molar-refractivity contribution in [2.24, 2.45) is 21.9 Å². The summed E-state index contributed by atoms with van der Waals surface area (Å²) < 4.78 is 27.8. The lowest BCUT2D eigenvalue weighted by molar-refractivity contribution is 0.589. The van der Waals surface area contributed by atoms with Crippen molar-refractivity contribution >= 4 is 33.7 Å². The first-order valence-electron chi connectivity index (χ1n) is 7.45. The Morgan fingerprint density at radius 1 is 1.24 bits per heavy atom. The molecule has 25 heavy (non-hydrogen) atoms. The molecule has 0 atom stereocenters. The third kappa shape index (κ3) is 3.90. The van der Waals surface area contributed by atoms with E-state index in [1.54, 1.807) is 18.0 Å². The molecule has 1 aromatic heterocycles. The van der Waals surface area contributed by atoms with Crippen LogP contribution in [0.3, 0.4) is 0 Å². The van der Waals surface area contributed by atoms with Gasteiger partial charge in [-0.2, -0.15) is 13.5 Å². The zero-order valence-corrected chi connectivity index (χ0v) is 14.8. The lowest BCUT2D eigenvalue weighted by Gasteiger charge is -2.12. The van der Waals surface area contributed by atoms with Crippen LogP contribution < -0.4 is 27.0 Å². The van der Waals surface area contributed by atoms with Crippen LogP contribution in [-0.2, 0) is 10.2 Å². The molecule has 3 rings (SSSR count). The predicted octanol–water partition coefficient (Wildman–Crippen LogP) is 0.513. The highest BCUT2D eigenvalue weighted by atomic mass is 32.2. The summed E-state index contributed by atoms with van der Waals surface area (Å²) in [5, 5.41) is 9.45. The molecule has 0 aliphatic heterocycles. The zero-order chi connectivity index (χ0) is 18.0. The van der Waals surface area contributed by atoms with Gasteiger partial charge in [-0.15, -0.1) is 0 Å². The summed E-state index contributed by atoms with van der Waals surface area (Å²) in [6.07, 6.45) is 3.82. The van der Waals surface area contributed by atoms with Gasteiger partial charge in [0.05, 0.1) is 0 Å². The van der Waals surface area contributed by atoms with E-state index in [1.807, 2.05) is 24.3 Å². The molecule has 1 aromatic carbocycles. The van der Waals surface area contributed by atoms with Crippen molar-refractivity contribution in [1.82, 2.24) is 9.40 Å². The standard InChI is InChI=1S/C14H19N7O2S2/c15-18-14(19-16)13-12(7-8-21(13)25(17,22)23)9-1-3-10(4-2-9)20-24-11-5-6-11/h1-4,7-8,11,20H,5-6,15-16H2,(H,18,19)(H2,17,22,23). The SMILES string of the molecule is N/N=C(\NN)c1c(-c2ccc(NSC3CC3)cc2)ccn1S(N)(=O)=O. The highest BCUT2D eigenvalue weighted by Crippen LogP contribution is 2.35. The summed E-state index contributed by atoms with van der Waals surface area (Å²) in [5.41, 5.74) is 4.79. The Hall–Kier alpha value is -2.21. The Morgan fingerprint density at radius 2 is 1.92 bits per heavy atom. The van der Waals surface area contributed by atoms with E-state index in [2.05, 4.69) is 15.2 Å². The van der Waals surface area contributed by atoms with E-state index in [0.717, 1.165) is 15.2 Å². The van der Waals surface area contributed by atoms with Crippen molar-refractivity contribution in [2.75, 3.05) is 4.72 Å². The number of hydrazone groups is 1. The Kier molecular flexibility index (Phi) is 4.90. The first kappa shape index (κ1) is 17.6. The van der Waals surface area contributed by atoms with E-state index in [-0.39, 0.29) is 11.5 Å². The number of nitrogens with one attached hydrogen (secondary N) is 2. The van der Waals surface area contributed by atoms with Gasteiger partial charge in [0.15, 0.2) is 5.84 Å². The maximum Gasteiger partial charge on any atom is 0.303 e. The molecule has 8 N–H and O–H groups in total. The minimum Gasteiger partial charge on any atom is -0.330 e. The Morgan fingerprint density at radius 3 is 2.44 bits per heavy atom. The average Bonchev–Trinajstić information content (AvgIpc) is 3.31. The fraction of sp³-hybridized carbons (Fsp3) is 0.214. The van der Waals surface area contributed by atoms with Crippen LogP contribution in [0.2, 0.25) is 0 Å². The molecule has 0 unspecified atom stereocenters. The number of amidine groups is 1. The third-order valence-electron chi connectivity index (χ3n) is 3.68. The van der Waals surface area contributed by atoms with Gasteiger partial charge in [-0.25, -0.2) is 15.0 Å². The summed E-state index contributed by atoms with van der Waals surface area (Å²) in [6, 6.07) is 9.18. The number of nitrogens with two attached hydrogens (primary N) is 3. The third-order valence-corrected chi connectivity index (χ3v) is 5.69. The van der Waals surface area contributed by atoms with E-state index >= 15 is 0 Å². The van der Waals surface area contributed by atoms with E-state index in [9.17, 15) is 8.42 Å². The van der Waals surface area contributed by atoms with E-state index in [4.69, 9.17) is 16.8 Å². The second-order valence-electron chi connectivity index (χ2n) is 5.54. The van der Waals surface area contributed by atoms with Gasteiger partial charge < -0.3 is 16.0 Å². The summed E-state index contributed by atoms with van der Waals surface area (Å²) in [5.74, 6) is 10.7. The number of nitrogens with zero attached hydrogens (tertiary/aromatic N) is 2. The predicted molar refractivity (Wildman–Crippen MR) is 101 cm³/mol. The van der Waals surface area contributed by atoms with Gasteiger partial charge in [0.1, 0.15) is 5.69 Å². The van der Waals surface area contributed by atoms with Gasteiger partial charge >= 0.3 is 10.2 Å². The molecule has 0 spiro atoms. The lowest BCUT2D eigenvalue weighted by Crippen LogP contribution is -2.36. The average molecular weight is 381 g/mol. The molecule has 1 saturated carbocycles. The first-order chi connectivity index (χ1) is 11.9. The van der Waals surface area contributed by atoms with Gasteiger partial charge in [0.2, 0.25) is 0 Å². The van der Waals surface area contributed by atoms with Crippen LogP contribution in [0.25, 0.3) is 11.1 Å². The van der Waals surface area contributed by atoms with Crippen molar-refractivity contribution < 1.29 is 8.42 Å². The normalized spacial score (nSPS) is 15.2. The summed E-state index contributed by atoms with van der Waals surface area (Å²) in [4.78, 5) is 0. The quantitative estimate of drug-likeness (QED) is 0.161. The van der Waals surface area contributed by atoms with Crippen LogP contribution >= 0.6 is 11.9 Å². The molecule has 0 amide bonds. The minimum atomic E-state index is -4.04. The number of hydrazine groups is 1. The Labute approximate surface area is 149 Å². The van der Waals surface area contributed by atoms with Crippen LogP contribution in [-0.4, -0.2) is 23.5 Å². The molecule has 1 aliphatic carbocycles. The summed E-state index contributed by atoms with van der Waals surface area (Å²) in [6.45, 7) is 0. The van der Waals surface area contributed by atoms with Crippen molar-refractivity contribution in [3.63, 3.8) is 0 Å². The van der Waals surface area contributed by atoms with Gasteiger partial charge in [-0.05, 0) is 48.6 Å². The molecule has 9 nitrogen and oxygen atoms in total. The molecule has 134 valence electrons. The Balaban J connectivity index is 1.97. The van der Waals surface area contributed by atoms with Crippen LogP contribution in [0.4, 0.5) is 5.69 Å². The largest absolute Gasteiger partial charge is 0.330 e. The van der Waals surface area contributed by atoms with Gasteiger partial charge in [0, 0.05) is 22.7 Å². The maximum atomic E-state index is 11.8. The van der Waals surface area contributed by atoms with E-state index < -0.39 is 10.2 Å². The number of anilines is 1. The van der Waals surface area contributed by atoms with E-state index in [1.165, 1.54) is 19.0 Å². The van der Waals surface area contributed by atoms with Crippen molar-refractivity contribution in [2.45, 2.75) is 18.1 Å². The van der Waals surface area contributed by atoms with Gasteiger partial charge in [-0.3, -0.25) is 0 Å². The van der Waals surface area contributed by atoms with Crippen LogP contribution in [0.1, 0.15) is 18.5 Å². The highest BCUT2D eigenvalue weighted by molar-refractivity contribution is 8.01. The fourth-order valence-electron chi connectivity index (χ4n) is 2.31. The number of hydrogen-bond acceptors (Lipinski definition) is 7. The molecule has 1 heterocycles. The molecule has 2 aromatic rings. The van der Waals surface area contributed by atoms with Crippen LogP contribution in [0, 0.1) is 0 Å². The van der Waals surface area contributed by atoms with Crippen LogP contribution in [0.15, 0.2) is 41.6 Å². The van der Waals surface area contributed by atoms with Crippen LogP contribution in [0.5, 0.6) is 0 Å². The smallest absolute Gasteiger partial charge is 0.303 e. The maximum absolute atomic E-state index is 11.8. The molecule has 0 saturated heterocycles. The summed E-state index contributed by atoms with van der Waals surface area (Å²) in [7, 11) is -4.04. The summed E-state index contributed by atoms with van der Waals surface area (Å²) >= 11 is 1.71. The highest BCUT2D eigenvalue weighted by Gasteiger charge is 2.23. The molecule has 0 bridgehead atoms. The minimum absolute atomic E-state index is 0.000477. The Bertz CT molecular complexity index is 886. The zero-order valence-electron chi connectivity index (χ0n) is 13.2. The molecule has 11 heteroatoms. The topological polar surface area (TPSA) is 154 Å². The molecular weight excluding hydrogens is 362 g/mol. The number of rotatable bonds is 6. The van der Waals surface area contributed by atoms with Gasteiger partial charge in [0.25, 0.3) is 0 Å². The molecule has 1 fully saturated rings. The molecular formula is C14H19N7O2S2. The first-order valence-corrected chi connectivity index (χ1v) is 9.84. The second-order valence-corrected chi connectivity index (χ2v) is 8.07. The fourth-order valence-corrected chi connectivity index (χ4v) is 3.79. The molecule has 1 aliphatic rings. The molecule has 0 radical (unpaired) electrons.